The van der Waals surface area contributed by atoms with E-state index in [1.807, 2.05) is 44.7 Å². The van der Waals surface area contributed by atoms with Gasteiger partial charge < -0.3 is 34.1 Å². The van der Waals surface area contributed by atoms with Gasteiger partial charge in [-0.3, -0.25) is 0 Å². The maximum absolute atomic E-state index is 12.5. The number of nitrogens with zero attached hydrogens (tertiary/aromatic N) is 4. The zero-order valence-corrected chi connectivity index (χ0v) is 28.9. The van der Waals surface area contributed by atoms with Crippen molar-refractivity contribution in [2.24, 2.45) is 5.41 Å². The molecule has 0 bridgehead atoms. The Morgan fingerprint density at radius 3 is 2.17 bits per heavy atom. The number of ether oxygens (including phenoxy) is 4. The number of aromatic nitrogens is 2. The van der Waals surface area contributed by atoms with Gasteiger partial charge in [-0.2, -0.15) is 0 Å². The molecule has 1 aromatic heterocycles. The predicted molar refractivity (Wildman–Crippen MR) is 181 cm³/mol. The molecule has 2 aliphatic rings. The first-order valence-electron chi connectivity index (χ1n) is 15.5. The van der Waals surface area contributed by atoms with Crippen LogP contribution < -0.4 is 24.4 Å². The van der Waals surface area contributed by atoms with Crippen molar-refractivity contribution in [2.75, 3.05) is 50.6 Å². The summed E-state index contributed by atoms with van der Waals surface area (Å²) in [6.45, 7) is 11.1. The Bertz CT molecular complexity index is 1530. The molecule has 0 atom stereocenters. The van der Waals surface area contributed by atoms with Crippen LogP contribution in [0, 0.1) is 12.3 Å². The standard InChI is InChI=1S/C34H43Cl2N5O5/c1-22-17-28(44-6)30(36)25(29(22)35)21-45-24-19-37-31(38-20-24)39-23-7-8-26(27(18-23)43-5)40-13-9-34(10-14-40)11-15-41(16-12-34)32(42)46-33(2,3)4/h7-8,17-20H,9-16,21H2,1-6H3,(H,37,38,39). The van der Waals surface area contributed by atoms with Crippen LogP contribution in [0.4, 0.5) is 22.1 Å². The van der Waals surface area contributed by atoms with E-state index in [9.17, 15) is 4.79 Å². The quantitative estimate of drug-likeness (QED) is 0.255. The Labute approximate surface area is 281 Å². The fraction of sp³-hybridized carbons (Fsp3) is 0.500. The van der Waals surface area contributed by atoms with Crippen molar-refractivity contribution in [2.45, 2.75) is 65.6 Å². The first-order valence-corrected chi connectivity index (χ1v) is 16.3. The highest BCUT2D eigenvalue weighted by molar-refractivity contribution is 6.37. The monoisotopic (exact) mass is 671 g/mol. The molecular formula is C34H43Cl2N5O5. The number of carbonyl (C=O) groups excluding carboxylic acids is 1. The van der Waals surface area contributed by atoms with E-state index in [0.717, 1.165) is 74.6 Å². The second-order valence-corrected chi connectivity index (χ2v) is 13.8. The molecule has 0 saturated carbocycles. The van der Waals surface area contributed by atoms with E-state index < -0.39 is 5.60 Å². The number of amides is 1. The molecule has 248 valence electrons. The van der Waals surface area contributed by atoms with Crippen molar-refractivity contribution in [1.82, 2.24) is 14.9 Å². The van der Waals surface area contributed by atoms with Crippen molar-refractivity contribution in [3.8, 4) is 17.2 Å². The molecule has 1 spiro atoms. The third-order valence-electron chi connectivity index (χ3n) is 8.75. The van der Waals surface area contributed by atoms with Gasteiger partial charge in [0.15, 0.2) is 5.75 Å². The number of hydrogen-bond acceptors (Lipinski definition) is 9. The maximum Gasteiger partial charge on any atom is 0.410 e. The molecule has 12 heteroatoms. The Balaban J connectivity index is 1.15. The third-order valence-corrected chi connectivity index (χ3v) is 9.69. The lowest BCUT2D eigenvalue weighted by molar-refractivity contribution is 0.00664. The third kappa shape index (κ3) is 7.83. The van der Waals surface area contributed by atoms with Crippen LogP contribution in [-0.4, -0.2) is 67.0 Å². The van der Waals surface area contributed by atoms with Crippen LogP contribution in [0.15, 0.2) is 36.7 Å². The van der Waals surface area contributed by atoms with Gasteiger partial charge in [-0.05, 0) is 82.6 Å². The highest BCUT2D eigenvalue weighted by Crippen LogP contribution is 2.44. The van der Waals surface area contributed by atoms with E-state index >= 15 is 0 Å². The molecule has 1 N–H and O–H groups in total. The largest absolute Gasteiger partial charge is 0.495 e. The van der Waals surface area contributed by atoms with E-state index in [0.29, 0.717) is 33.1 Å². The zero-order chi connectivity index (χ0) is 33.1. The highest BCUT2D eigenvalue weighted by Gasteiger charge is 2.39. The van der Waals surface area contributed by atoms with Crippen molar-refractivity contribution < 1.29 is 23.7 Å². The van der Waals surface area contributed by atoms with Gasteiger partial charge in [0.2, 0.25) is 5.95 Å². The van der Waals surface area contributed by atoms with Crippen molar-refractivity contribution in [3.05, 3.63) is 57.8 Å². The lowest BCUT2D eigenvalue weighted by Crippen LogP contribution is -2.49. The summed E-state index contributed by atoms with van der Waals surface area (Å²) in [5.74, 6) is 2.22. The van der Waals surface area contributed by atoms with E-state index in [1.54, 1.807) is 32.7 Å². The molecule has 0 unspecified atom stereocenters. The fourth-order valence-electron chi connectivity index (χ4n) is 6.05. The molecule has 3 aromatic rings. The predicted octanol–water partition coefficient (Wildman–Crippen LogP) is 8.05. The van der Waals surface area contributed by atoms with Crippen LogP contribution in [0.3, 0.4) is 0 Å². The minimum absolute atomic E-state index is 0.145. The first kappa shape index (κ1) is 33.7. The van der Waals surface area contributed by atoms with E-state index in [1.165, 1.54) is 0 Å². The van der Waals surface area contributed by atoms with Crippen LogP contribution in [-0.2, 0) is 11.3 Å². The van der Waals surface area contributed by atoms with Crippen LogP contribution in [0.5, 0.6) is 17.2 Å². The lowest BCUT2D eigenvalue weighted by Gasteiger charge is -2.47. The summed E-state index contributed by atoms with van der Waals surface area (Å²) >= 11 is 12.9. The molecule has 2 fully saturated rings. The van der Waals surface area contributed by atoms with Crippen molar-refractivity contribution >= 4 is 46.6 Å². The summed E-state index contributed by atoms with van der Waals surface area (Å²) < 4.78 is 22.6. The summed E-state index contributed by atoms with van der Waals surface area (Å²) in [6, 6.07) is 7.83. The van der Waals surface area contributed by atoms with Crippen molar-refractivity contribution in [1.29, 1.82) is 0 Å². The number of aryl methyl sites for hydroxylation is 1. The summed E-state index contributed by atoms with van der Waals surface area (Å²) in [5.41, 5.74) is 3.15. The molecule has 1 amide bonds. The molecule has 0 radical (unpaired) electrons. The second kappa shape index (κ2) is 14.0. The smallest absolute Gasteiger partial charge is 0.410 e. The highest BCUT2D eigenvalue weighted by atomic mass is 35.5. The van der Waals surface area contributed by atoms with Gasteiger partial charge in [0, 0.05) is 43.5 Å². The van der Waals surface area contributed by atoms with Gasteiger partial charge in [0.1, 0.15) is 23.7 Å². The molecule has 5 rings (SSSR count). The molecule has 10 nitrogen and oxygen atoms in total. The average Bonchev–Trinajstić information content (AvgIpc) is 3.03. The summed E-state index contributed by atoms with van der Waals surface area (Å²) in [7, 11) is 3.25. The molecule has 2 aliphatic heterocycles. The fourth-order valence-corrected chi connectivity index (χ4v) is 6.58. The van der Waals surface area contributed by atoms with Crippen LogP contribution in [0.25, 0.3) is 0 Å². The molecular weight excluding hydrogens is 629 g/mol. The van der Waals surface area contributed by atoms with Gasteiger partial charge in [-0.25, -0.2) is 14.8 Å². The van der Waals surface area contributed by atoms with Crippen LogP contribution in [0.1, 0.15) is 57.6 Å². The molecule has 0 aliphatic carbocycles. The number of halogens is 2. The van der Waals surface area contributed by atoms with Gasteiger partial charge in [-0.1, -0.05) is 23.2 Å². The Kier molecular flexibility index (Phi) is 10.3. The van der Waals surface area contributed by atoms with E-state index in [2.05, 4.69) is 26.3 Å². The minimum Gasteiger partial charge on any atom is -0.495 e. The summed E-state index contributed by atoms with van der Waals surface area (Å²) in [5, 5.41) is 4.20. The van der Waals surface area contributed by atoms with Crippen molar-refractivity contribution in [3.63, 3.8) is 0 Å². The number of methoxy groups -OCH3 is 2. The number of piperidine rings is 2. The summed E-state index contributed by atoms with van der Waals surface area (Å²) in [6.07, 6.45) is 7.16. The Hall–Kier alpha value is -3.63. The van der Waals surface area contributed by atoms with E-state index in [-0.39, 0.29) is 18.1 Å². The number of nitrogens with one attached hydrogen (secondary N) is 1. The van der Waals surface area contributed by atoms with E-state index in [4.69, 9.17) is 42.1 Å². The maximum atomic E-state index is 12.5. The normalized spacial score (nSPS) is 16.3. The van der Waals surface area contributed by atoms with Gasteiger partial charge in [-0.15, -0.1) is 0 Å². The number of likely N-dealkylation sites (tertiary alicyclic amines) is 1. The second-order valence-electron chi connectivity index (χ2n) is 13.0. The average molecular weight is 673 g/mol. The Morgan fingerprint density at radius 2 is 1.57 bits per heavy atom. The SMILES string of the molecule is COc1cc(Nc2ncc(OCc3c(Cl)c(C)cc(OC)c3Cl)cn2)ccc1N1CCC2(CCN(C(=O)OC(C)(C)C)CC2)CC1. The van der Waals surface area contributed by atoms with Crippen LogP contribution >= 0.6 is 23.2 Å². The molecule has 2 saturated heterocycles. The molecule has 46 heavy (non-hydrogen) atoms. The minimum atomic E-state index is -0.475. The number of carbonyl (C=O) groups is 1. The first-order chi connectivity index (χ1) is 21.9. The van der Waals surface area contributed by atoms with Crippen LogP contribution in [0.2, 0.25) is 10.0 Å². The number of benzene rings is 2. The topological polar surface area (TPSA) is 98.3 Å². The van der Waals surface area contributed by atoms with Gasteiger partial charge in [0.05, 0.1) is 42.3 Å². The number of rotatable bonds is 8. The summed E-state index contributed by atoms with van der Waals surface area (Å²) in [4.78, 5) is 25.6. The number of anilines is 3. The Morgan fingerprint density at radius 1 is 0.935 bits per heavy atom. The zero-order valence-electron chi connectivity index (χ0n) is 27.4. The van der Waals surface area contributed by atoms with Gasteiger partial charge >= 0.3 is 6.09 Å². The lowest BCUT2D eigenvalue weighted by atomic mass is 9.71. The molecule has 2 aromatic carbocycles. The molecule has 3 heterocycles. The number of hydrogen-bond donors (Lipinski definition) is 1. The van der Waals surface area contributed by atoms with Gasteiger partial charge in [0.25, 0.3) is 0 Å².